The van der Waals surface area contributed by atoms with E-state index in [0.29, 0.717) is 0 Å². The molecule has 2 heterocycles. The Morgan fingerprint density at radius 3 is 2.46 bits per heavy atom. The third kappa shape index (κ3) is 3.25. The maximum atomic E-state index is 4.74. The molecule has 0 radical (unpaired) electrons. The van der Waals surface area contributed by atoms with Crippen molar-refractivity contribution in [1.29, 1.82) is 0 Å². The van der Waals surface area contributed by atoms with Gasteiger partial charge in [0, 0.05) is 6.54 Å². The molecule has 5 aromatic rings. The lowest BCUT2D eigenvalue weighted by molar-refractivity contribution is 0.816. The topological polar surface area (TPSA) is 55.1 Å². The van der Waals surface area contributed by atoms with E-state index >= 15 is 0 Å². The number of hydrogen-bond acceptors (Lipinski definition) is 5. The number of benzene rings is 3. The number of para-hydroxylation sites is 3. The maximum absolute atomic E-state index is 4.74. The van der Waals surface area contributed by atoms with Crippen LogP contribution in [0.4, 0.5) is 5.13 Å². The van der Waals surface area contributed by atoms with Crippen molar-refractivity contribution in [1.82, 2.24) is 14.5 Å². The van der Waals surface area contributed by atoms with Crippen LogP contribution in [-0.2, 0) is 6.54 Å². The number of hydrogen-bond donors (Lipinski definition) is 1. The van der Waals surface area contributed by atoms with E-state index in [-0.39, 0.29) is 0 Å². The van der Waals surface area contributed by atoms with E-state index in [1.807, 2.05) is 42.5 Å². The van der Waals surface area contributed by atoms with E-state index in [1.54, 1.807) is 17.6 Å². The Kier molecular flexibility index (Phi) is 4.31. The number of hydrazone groups is 1. The zero-order chi connectivity index (χ0) is 18.8. The van der Waals surface area contributed by atoms with Crippen LogP contribution in [0, 0.1) is 0 Å². The molecular weight excluding hydrogens is 366 g/mol. The highest BCUT2D eigenvalue weighted by Crippen LogP contribution is 2.25. The summed E-state index contributed by atoms with van der Waals surface area (Å²) < 4.78 is 3.31. The summed E-state index contributed by atoms with van der Waals surface area (Å²) in [6.45, 7) is 0.740. The molecule has 0 saturated carbocycles. The Balaban J connectivity index is 1.45. The number of thiazole rings is 1. The number of imidazole rings is 1. The fourth-order valence-corrected chi connectivity index (χ4v) is 4.01. The van der Waals surface area contributed by atoms with Gasteiger partial charge in [0.05, 0.1) is 27.5 Å². The van der Waals surface area contributed by atoms with Crippen molar-refractivity contribution in [2.75, 3.05) is 5.43 Å². The van der Waals surface area contributed by atoms with E-state index in [1.165, 1.54) is 5.56 Å². The first-order valence-corrected chi connectivity index (χ1v) is 9.82. The Bertz CT molecular complexity index is 1240. The zero-order valence-electron chi connectivity index (χ0n) is 15.0. The first kappa shape index (κ1) is 16.6. The molecule has 0 bridgehead atoms. The standard InChI is InChI=1S/C22H17N5S/c1-2-8-16(9-3-1)15-27-19-12-6-4-10-17(19)24-21(27)14-23-26-22-25-18-11-5-7-13-20(18)28-22/h1-14H,15H2,(H,25,26)/b23-14-. The van der Waals surface area contributed by atoms with Gasteiger partial charge in [-0.1, -0.05) is 65.9 Å². The molecule has 0 unspecified atom stereocenters. The second kappa shape index (κ2) is 7.25. The molecule has 5 nitrogen and oxygen atoms in total. The average molecular weight is 383 g/mol. The van der Waals surface area contributed by atoms with Crippen LogP contribution in [-0.4, -0.2) is 20.7 Å². The second-order valence-electron chi connectivity index (χ2n) is 6.39. The molecule has 0 atom stereocenters. The highest BCUT2D eigenvalue weighted by molar-refractivity contribution is 7.22. The predicted octanol–water partition coefficient (Wildman–Crippen LogP) is 5.14. The van der Waals surface area contributed by atoms with Crippen LogP contribution in [0.15, 0.2) is 84.0 Å². The minimum absolute atomic E-state index is 0.740. The molecule has 1 N–H and O–H groups in total. The molecule has 0 aliphatic carbocycles. The van der Waals surface area contributed by atoms with E-state index in [0.717, 1.165) is 38.8 Å². The quantitative estimate of drug-likeness (QED) is 0.338. The first-order valence-electron chi connectivity index (χ1n) is 9.01. The fourth-order valence-electron chi connectivity index (χ4n) is 3.19. The second-order valence-corrected chi connectivity index (χ2v) is 7.42. The SMILES string of the molecule is C(=N/Nc1nc2ccccc2s1)/c1nc2ccccc2n1Cc1ccccc1. The van der Waals surface area contributed by atoms with Gasteiger partial charge in [0.15, 0.2) is 5.82 Å². The van der Waals surface area contributed by atoms with Gasteiger partial charge in [0.1, 0.15) is 0 Å². The largest absolute Gasteiger partial charge is 0.319 e. The molecule has 6 heteroatoms. The molecular formula is C22H17N5S. The van der Waals surface area contributed by atoms with Crippen LogP contribution >= 0.6 is 11.3 Å². The molecule has 5 rings (SSSR count). The summed E-state index contributed by atoms with van der Waals surface area (Å²) in [5.41, 5.74) is 7.29. The average Bonchev–Trinajstić information content (AvgIpc) is 3.30. The van der Waals surface area contributed by atoms with Crippen molar-refractivity contribution in [2.45, 2.75) is 6.54 Å². The van der Waals surface area contributed by atoms with Gasteiger partial charge in [-0.2, -0.15) is 5.10 Å². The van der Waals surface area contributed by atoms with Gasteiger partial charge in [-0.3, -0.25) is 5.43 Å². The number of aromatic nitrogens is 3. The van der Waals surface area contributed by atoms with E-state index in [4.69, 9.17) is 4.98 Å². The molecule has 0 spiro atoms. The molecule has 0 fully saturated rings. The van der Waals surface area contributed by atoms with Crippen molar-refractivity contribution in [2.24, 2.45) is 5.10 Å². The van der Waals surface area contributed by atoms with Crippen LogP contribution in [0.25, 0.3) is 21.3 Å². The van der Waals surface area contributed by atoms with Crippen molar-refractivity contribution in [3.05, 3.63) is 90.3 Å². The first-order chi connectivity index (χ1) is 13.9. The van der Waals surface area contributed by atoms with Crippen molar-refractivity contribution in [3.63, 3.8) is 0 Å². The van der Waals surface area contributed by atoms with Crippen LogP contribution < -0.4 is 5.43 Å². The summed E-state index contributed by atoms with van der Waals surface area (Å²) in [6.07, 6.45) is 1.76. The fraction of sp³-hybridized carbons (Fsp3) is 0.0455. The molecule has 2 aromatic heterocycles. The van der Waals surface area contributed by atoms with E-state index in [2.05, 4.69) is 56.5 Å². The summed E-state index contributed by atoms with van der Waals surface area (Å²) in [5, 5.41) is 5.16. The lowest BCUT2D eigenvalue weighted by Gasteiger charge is -2.07. The number of nitrogens with zero attached hydrogens (tertiary/aromatic N) is 4. The third-order valence-corrected chi connectivity index (χ3v) is 5.44. The zero-order valence-corrected chi connectivity index (χ0v) is 15.8. The molecule has 0 amide bonds. The Hall–Kier alpha value is -3.51. The monoisotopic (exact) mass is 383 g/mol. The smallest absolute Gasteiger partial charge is 0.204 e. The predicted molar refractivity (Wildman–Crippen MR) is 116 cm³/mol. The van der Waals surface area contributed by atoms with Crippen molar-refractivity contribution >= 4 is 43.9 Å². The summed E-state index contributed by atoms with van der Waals surface area (Å²) in [7, 11) is 0. The lowest BCUT2D eigenvalue weighted by atomic mass is 10.2. The summed E-state index contributed by atoms with van der Waals surface area (Å²) in [6, 6.07) is 26.6. The highest BCUT2D eigenvalue weighted by Gasteiger charge is 2.09. The Morgan fingerprint density at radius 1 is 0.857 bits per heavy atom. The van der Waals surface area contributed by atoms with Gasteiger partial charge in [0.25, 0.3) is 0 Å². The van der Waals surface area contributed by atoms with Gasteiger partial charge >= 0.3 is 0 Å². The van der Waals surface area contributed by atoms with Crippen molar-refractivity contribution < 1.29 is 0 Å². The van der Waals surface area contributed by atoms with Gasteiger partial charge in [-0.25, -0.2) is 9.97 Å². The Morgan fingerprint density at radius 2 is 1.61 bits per heavy atom. The van der Waals surface area contributed by atoms with Crippen LogP contribution in [0.5, 0.6) is 0 Å². The molecule has 0 aliphatic heterocycles. The van der Waals surface area contributed by atoms with E-state index in [9.17, 15) is 0 Å². The van der Waals surface area contributed by atoms with Gasteiger partial charge < -0.3 is 4.57 Å². The third-order valence-electron chi connectivity index (χ3n) is 4.50. The number of rotatable bonds is 5. The van der Waals surface area contributed by atoms with Crippen LogP contribution in [0.2, 0.25) is 0 Å². The van der Waals surface area contributed by atoms with Gasteiger partial charge in [-0.15, -0.1) is 0 Å². The summed E-state index contributed by atoms with van der Waals surface area (Å²) in [4.78, 5) is 9.28. The van der Waals surface area contributed by atoms with Gasteiger partial charge in [0.2, 0.25) is 5.13 Å². The summed E-state index contributed by atoms with van der Waals surface area (Å²) in [5.74, 6) is 0.804. The summed E-state index contributed by atoms with van der Waals surface area (Å²) >= 11 is 1.58. The maximum Gasteiger partial charge on any atom is 0.204 e. The van der Waals surface area contributed by atoms with Crippen molar-refractivity contribution in [3.8, 4) is 0 Å². The molecule has 3 aromatic carbocycles. The highest BCUT2D eigenvalue weighted by atomic mass is 32.1. The molecule has 0 aliphatic rings. The number of anilines is 1. The normalized spacial score (nSPS) is 11.6. The van der Waals surface area contributed by atoms with E-state index < -0.39 is 0 Å². The minimum atomic E-state index is 0.740. The van der Waals surface area contributed by atoms with Crippen LogP contribution in [0.1, 0.15) is 11.4 Å². The Labute approximate surface area is 166 Å². The molecule has 0 saturated heterocycles. The van der Waals surface area contributed by atoms with Crippen LogP contribution in [0.3, 0.4) is 0 Å². The minimum Gasteiger partial charge on any atom is -0.319 e. The number of fused-ring (bicyclic) bond motifs is 2. The number of nitrogens with one attached hydrogen (secondary N) is 1. The van der Waals surface area contributed by atoms with Gasteiger partial charge in [-0.05, 0) is 29.8 Å². The lowest BCUT2D eigenvalue weighted by Crippen LogP contribution is -2.05. The molecule has 136 valence electrons. The molecule has 28 heavy (non-hydrogen) atoms.